The van der Waals surface area contributed by atoms with E-state index in [0.717, 1.165) is 58.2 Å². The number of carbonyl (C=O) groups is 1. The van der Waals surface area contributed by atoms with Crippen molar-refractivity contribution in [2.45, 2.75) is 52.6 Å². The number of ether oxygens (including phenoxy) is 3. The van der Waals surface area contributed by atoms with Crippen LogP contribution in [0.3, 0.4) is 0 Å². The number of carbonyl (C=O) groups excluding carboxylic acids is 1. The largest absolute Gasteiger partial charge is 0.444 e. The molecule has 1 aliphatic heterocycles. The van der Waals surface area contributed by atoms with Gasteiger partial charge in [-0.15, -0.1) is 24.0 Å². The van der Waals surface area contributed by atoms with Gasteiger partial charge in [0.1, 0.15) is 5.60 Å². The van der Waals surface area contributed by atoms with Crippen LogP contribution in [0.4, 0.5) is 4.79 Å². The molecule has 0 aromatic rings. The van der Waals surface area contributed by atoms with Crippen LogP contribution in [0.2, 0.25) is 0 Å². The average molecular weight is 514 g/mol. The molecule has 0 bridgehead atoms. The third-order valence-corrected chi connectivity index (χ3v) is 3.84. The highest BCUT2D eigenvalue weighted by Crippen LogP contribution is 2.14. The van der Waals surface area contributed by atoms with Crippen LogP contribution in [0.1, 0.15) is 47.0 Å². The van der Waals surface area contributed by atoms with E-state index in [4.69, 9.17) is 14.2 Å². The molecular formula is C19H39IN4O4. The predicted molar refractivity (Wildman–Crippen MR) is 123 cm³/mol. The maximum Gasteiger partial charge on any atom is 0.407 e. The van der Waals surface area contributed by atoms with E-state index in [1.54, 1.807) is 0 Å². The molecule has 1 rings (SSSR count). The fourth-order valence-electron chi connectivity index (χ4n) is 2.52. The Morgan fingerprint density at radius 3 is 2.46 bits per heavy atom. The lowest BCUT2D eigenvalue weighted by Crippen LogP contribution is -2.42. The average Bonchev–Trinajstić information content (AvgIpc) is 2.61. The molecule has 1 aliphatic rings. The van der Waals surface area contributed by atoms with Crippen molar-refractivity contribution < 1.29 is 19.0 Å². The molecule has 0 atom stereocenters. The van der Waals surface area contributed by atoms with Crippen LogP contribution in [-0.4, -0.2) is 70.3 Å². The number of halogens is 1. The van der Waals surface area contributed by atoms with Crippen LogP contribution in [0.15, 0.2) is 4.99 Å². The van der Waals surface area contributed by atoms with E-state index in [2.05, 4.69) is 20.9 Å². The van der Waals surface area contributed by atoms with Crippen molar-refractivity contribution >= 4 is 36.0 Å². The minimum absolute atomic E-state index is 0. The molecule has 1 saturated heterocycles. The summed E-state index contributed by atoms with van der Waals surface area (Å²) in [5.41, 5.74) is -0.485. The monoisotopic (exact) mass is 514 g/mol. The summed E-state index contributed by atoms with van der Waals surface area (Å²) in [5.74, 6) is 1.38. The molecule has 0 aliphatic carbocycles. The zero-order valence-corrected chi connectivity index (χ0v) is 20.2. The van der Waals surface area contributed by atoms with E-state index < -0.39 is 11.7 Å². The Balaban J connectivity index is 0.00000729. The van der Waals surface area contributed by atoms with Crippen LogP contribution in [0, 0.1) is 5.92 Å². The second-order valence-corrected chi connectivity index (χ2v) is 7.60. The molecule has 0 radical (unpaired) electrons. The molecule has 0 unspecified atom stereocenters. The van der Waals surface area contributed by atoms with Gasteiger partial charge in [0.2, 0.25) is 0 Å². The first-order chi connectivity index (χ1) is 12.9. The Bertz CT molecular complexity index is 438. The number of rotatable bonds is 10. The minimum atomic E-state index is -0.485. The van der Waals surface area contributed by atoms with E-state index in [0.29, 0.717) is 25.6 Å². The highest BCUT2D eigenvalue weighted by atomic mass is 127. The second-order valence-electron chi connectivity index (χ2n) is 7.60. The summed E-state index contributed by atoms with van der Waals surface area (Å²) >= 11 is 0. The van der Waals surface area contributed by atoms with Crippen LogP contribution in [-0.2, 0) is 14.2 Å². The van der Waals surface area contributed by atoms with Crippen molar-refractivity contribution in [2.75, 3.05) is 52.6 Å². The Hall–Kier alpha value is -0.810. The Labute approximate surface area is 186 Å². The number of hydrogen-bond acceptors (Lipinski definition) is 5. The molecule has 1 heterocycles. The summed E-state index contributed by atoms with van der Waals surface area (Å²) in [5, 5.41) is 9.10. The summed E-state index contributed by atoms with van der Waals surface area (Å²) in [6.07, 6.45) is 2.68. The van der Waals surface area contributed by atoms with Gasteiger partial charge >= 0.3 is 6.09 Å². The molecule has 9 heteroatoms. The number of nitrogens with zero attached hydrogens (tertiary/aromatic N) is 1. The smallest absolute Gasteiger partial charge is 0.407 e. The van der Waals surface area contributed by atoms with Gasteiger partial charge in [-0.2, -0.15) is 0 Å². The number of hydrogen-bond donors (Lipinski definition) is 3. The molecule has 28 heavy (non-hydrogen) atoms. The standard InChI is InChI=1S/C19H38N4O4.HI/c1-5-20-17(22-10-11-23-18(24)27-19(2,3)4)21-9-6-12-26-15-16-7-13-25-14-8-16;/h16H,5-15H2,1-4H3,(H,23,24)(H2,20,21,22);1H. The molecule has 0 aromatic heterocycles. The van der Waals surface area contributed by atoms with E-state index in [1.807, 2.05) is 27.7 Å². The van der Waals surface area contributed by atoms with E-state index in [9.17, 15) is 4.79 Å². The van der Waals surface area contributed by atoms with Gasteiger partial charge in [0.15, 0.2) is 5.96 Å². The SMILES string of the molecule is CCNC(=NCCCOCC1CCOCC1)NCCNC(=O)OC(C)(C)C.I. The van der Waals surface area contributed by atoms with Crippen molar-refractivity contribution in [3.8, 4) is 0 Å². The van der Waals surface area contributed by atoms with Crippen LogP contribution in [0.25, 0.3) is 0 Å². The van der Waals surface area contributed by atoms with E-state index in [-0.39, 0.29) is 24.0 Å². The summed E-state index contributed by atoms with van der Waals surface area (Å²) in [6, 6.07) is 0. The highest BCUT2D eigenvalue weighted by Gasteiger charge is 2.15. The molecule has 1 fully saturated rings. The van der Waals surface area contributed by atoms with Gasteiger partial charge in [-0.3, -0.25) is 4.99 Å². The maximum absolute atomic E-state index is 11.6. The predicted octanol–water partition coefficient (Wildman–Crippen LogP) is 2.52. The Morgan fingerprint density at radius 2 is 1.82 bits per heavy atom. The second kappa shape index (κ2) is 16.0. The topological polar surface area (TPSA) is 93.2 Å². The van der Waals surface area contributed by atoms with Crippen LogP contribution >= 0.6 is 24.0 Å². The van der Waals surface area contributed by atoms with Crippen LogP contribution < -0.4 is 16.0 Å². The van der Waals surface area contributed by atoms with Gasteiger partial charge < -0.3 is 30.2 Å². The molecule has 0 aromatic carbocycles. The Kier molecular flexibility index (Phi) is 15.6. The third kappa shape index (κ3) is 15.2. The van der Waals surface area contributed by atoms with Crippen molar-refractivity contribution in [1.29, 1.82) is 0 Å². The summed E-state index contributed by atoms with van der Waals surface area (Å²) in [4.78, 5) is 16.1. The van der Waals surface area contributed by atoms with Gasteiger partial charge in [-0.1, -0.05) is 0 Å². The van der Waals surface area contributed by atoms with Gasteiger partial charge in [0.25, 0.3) is 0 Å². The van der Waals surface area contributed by atoms with E-state index in [1.165, 1.54) is 0 Å². The Morgan fingerprint density at radius 1 is 1.14 bits per heavy atom. The van der Waals surface area contributed by atoms with E-state index >= 15 is 0 Å². The number of alkyl carbamates (subject to hydrolysis) is 1. The lowest BCUT2D eigenvalue weighted by atomic mass is 10.0. The van der Waals surface area contributed by atoms with Gasteiger partial charge in [-0.25, -0.2) is 4.79 Å². The zero-order chi connectivity index (χ0) is 20.0. The van der Waals surface area contributed by atoms with Crippen molar-refractivity contribution in [3.63, 3.8) is 0 Å². The van der Waals surface area contributed by atoms with Crippen LogP contribution in [0.5, 0.6) is 0 Å². The highest BCUT2D eigenvalue weighted by molar-refractivity contribution is 14.0. The maximum atomic E-state index is 11.6. The molecule has 1 amide bonds. The first-order valence-electron chi connectivity index (χ1n) is 10.0. The number of nitrogens with one attached hydrogen (secondary N) is 3. The van der Waals surface area contributed by atoms with Gasteiger partial charge in [0.05, 0.1) is 0 Å². The molecular weight excluding hydrogens is 475 g/mol. The third-order valence-electron chi connectivity index (χ3n) is 3.84. The quantitative estimate of drug-likeness (QED) is 0.180. The molecule has 0 spiro atoms. The minimum Gasteiger partial charge on any atom is -0.444 e. The summed E-state index contributed by atoms with van der Waals surface area (Å²) < 4.78 is 16.3. The normalized spacial score (nSPS) is 15.5. The first kappa shape index (κ1) is 27.2. The number of guanidine groups is 1. The summed E-state index contributed by atoms with van der Waals surface area (Å²) in [7, 11) is 0. The molecule has 8 nitrogen and oxygen atoms in total. The first-order valence-corrected chi connectivity index (χ1v) is 10.0. The lowest BCUT2D eigenvalue weighted by Gasteiger charge is -2.21. The molecule has 3 N–H and O–H groups in total. The van der Waals surface area contributed by atoms with Gasteiger partial charge in [-0.05, 0) is 52.9 Å². The number of aliphatic imine (C=N–C) groups is 1. The van der Waals surface area contributed by atoms with Gasteiger partial charge in [0, 0.05) is 52.6 Å². The molecule has 0 saturated carbocycles. The fraction of sp³-hybridized carbons (Fsp3) is 0.895. The molecule has 166 valence electrons. The lowest BCUT2D eigenvalue weighted by molar-refractivity contribution is 0.0205. The fourth-order valence-corrected chi connectivity index (χ4v) is 2.52. The zero-order valence-electron chi connectivity index (χ0n) is 17.8. The number of amides is 1. The van der Waals surface area contributed by atoms with Crippen molar-refractivity contribution in [3.05, 3.63) is 0 Å². The summed E-state index contributed by atoms with van der Waals surface area (Å²) in [6.45, 7) is 13.3. The van der Waals surface area contributed by atoms with Crippen molar-refractivity contribution in [1.82, 2.24) is 16.0 Å². The van der Waals surface area contributed by atoms with Crippen molar-refractivity contribution in [2.24, 2.45) is 10.9 Å².